The van der Waals surface area contributed by atoms with Gasteiger partial charge in [0.1, 0.15) is 0 Å². The molecule has 0 aliphatic carbocycles. The predicted molar refractivity (Wildman–Crippen MR) is 68.8 cm³/mol. The van der Waals surface area contributed by atoms with Crippen molar-refractivity contribution in [3.8, 4) is 11.1 Å². The lowest BCUT2D eigenvalue weighted by Gasteiger charge is -2.07. The molecule has 0 saturated heterocycles. The van der Waals surface area contributed by atoms with Gasteiger partial charge >= 0.3 is 0 Å². The Balaban J connectivity index is 2.44. The summed E-state index contributed by atoms with van der Waals surface area (Å²) in [6.45, 7) is 4.33. The first kappa shape index (κ1) is 11.2. The maximum absolute atomic E-state index is 5.98. The summed E-state index contributed by atoms with van der Waals surface area (Å²) in [6, 6.07) is 10.0. The fourth-order valence-electron chi connectivity index (χ4n) is 1.60. The number of hydrogen-bond acceptors (Lipinski definition) is 1. The highest BCUT2D eigenvalue weighted by Crippen LogP contribution is 2.24. The first-order chi connectivity index (χ1) is 7.66. The molecule has 0 aliphatic rings. The van der Waals surface area contributed by atoms with Gasteiger partial charge in [-0.3, -0.25) is 4.98 Å². The molecule has 1 heterocycles. The maximum Gasteiger partial charge on any atom is 0.0412 e. The smallest absolute Gasteiger partial charge is 0.0412 e. The molecule has 0 bridgehead atoms. The van der Waals surface area contributed by atoms with E-state index < -0.39 is 0 Å². The summed E-state index contributed by atoms with van der Waals surface area (Å²) >= 11 is 5.98. The lowest BCUT2D eigenvalue weighted by Crippen LogP contribution is -1.90. The van der Waals surface area contributed by atoms with E-state index in [1.54, 1.807) is 0 Å². The van der Waals surface area contributed by atoms with Crippen LogP contribution in [0.1, 0.15) is 25.3 Å². The Labute approximate surface area is 101 Å². The van der Waals surface area contributed by atoms with Gasteiger partial charge in [0.05, 0.1) is 0 Å². The van der Waals surface area contributed by atoms with Crippen LogP contribution in [0.25, 0.3) is 11.1 Å². The highest BCUT2D eigenvalue weighted by molar-refractivity contribution is 6.30. The SMILES string of the molecule is CC(C)c1cncc(-c2cccc(Cl)c2)c1. The van der Waals surface area contributed by atoms with Crippen molar-refractivity contribution >= 4 is 11.6 Å². The molecule has 16 heavy (non-hydrogen) atoms. The largest absolute Gasteiger partial charge is 0.264 e. The average Bonchev–Trinajstić information content (AvgIpc) is 2.29. The molecule has 2 rings (SSSR count). The molecule has 1 aromatic heterocycles. The Morgan fingerprint density at radius 1 is 1.06 bits per heavy atom. The Hall–Kier alpha value is -1.34. The summed E-state index contributed by atoms with van der Waals surface area (Å²) in [6.07, 6.45) is 3.79. The molecular weight excluding hydrogens is 218 g/mol. The van der Waals surface area contributed by atoms with Crippen molar-refractivity contribution in [2.45, 2.75) is 19.8 Å². The van der Waals surface area contributed by atoms with Gasteiger partial charge in [-0.25, -0.2) is 0 Å². The van der Waals surface area contributed by atoms with Crippen LogP contribution in [-0.2, 0) is 0 Å². The zero-order valence-corrected chi connectivity index (χ0v) is 10.2. The van der Waals surface area contributed by atoms with Gasteiger partial charge in [-0.2, -0.15) is 0 Å². The van der Waals surface area contributed by atoms with Crippen LogP contribution in [0.3, 0.4) is 0 Å². The van der Waals surface area contributed by atoms with Crippen molar-refractivity contribution in [1.29, 1.82) is 0 Å². The van der Waals surface area contributed by atoms with Gasteiger partial charge in [0.2, 0.25) is 0 Å². The minimum Gasteiger partial charge on any atom is -0.264 e. The third kappa shape index (κ3) is 2.42. The fourth-order valence-corrected chi connectivity index (χ4v) is 1.79. The van der Waals surface area contributed by atoms with Crippen LogP contribution in [0.2, 0.25) is 5.02 Å². The van der Waals surface area contributed by atoms with Crippen LogP contribution >= 0.6 is 11.6 Å². The lowest BCUT2D eigenvalue weighted by molar-refractivity contribution is 0.859. The summed E-state index contributed by atoms with van der Waals surface area (Å²) in [7, 11) is 0. The van der Waals surface area contributed by atoms with Crippen molar-refractivity contribution in [3.63, 3.8) is 0 Å². The molecule has 0 aliphatic heterocycles. The van der Waals surface area contributed by atoms with Crippen LogP contribution in [0.15, 0.2) is 42.7 Å². The van der Waals surface area contributed by atoms with Crippen molar-refractivity contribution in [2.24, 2.45) is 0 Å². The molecule has 0 saturated carbocycles. The van der Waals surface area contributed by atoms with E-state index in [1.807, 2.05) is 36.7 Å². The van der Waals surface area contributed by atoms with Gasteiger partial charge in [-0.1, -0.05) is 37.6 Å². The number of nitrogens with zero attached hydrogens (tertiary/aromatic N) is 1. The van der Waals surface area contributed by atoms with E-state index in [9.17, 15) is 0 Å². The minimum atomic E-state index is 0.492. The molecule has 2 heteroatoms. The second kappa shape index (κ2) is 4.67. The van der Waals surface area contributed by atoms with E-state index in [4.69, 9.17) is 11.6 Å². The quantitative estimate of drug-likeness (QED) is 0.740. The van der Waals surface area contributed by atoms with Gasteiger partial charge in [0.25, 0.3) is 0 Å². The topological polar surface area (TPSA) is 12.9 Å². The normalized spacial score (nSPS) is 10.8. The molecule has 0 amide bonds. The van der Waals surface area contributed by atoms with Gasteiger partial charge in [0, 0.05) is 23.0 Å². The second-order valence-corrected chi connectivity index (χ2v) is 4.61. The molecular formula is C14H14ClN. The summed E-state index contributed by atoms with van der Waals surface area (Å²) < 4.78 is 0. The highest BCUT2D eigenvalue weighted by atomic mass is 35.5. The van der Waals surface area contributed by atoms with E-state index in [1.165, 1.54) is 5.56 Å². The van der Waals surface area contributed by atoms with Crippen LogP contribution in [0, 0.1) is 0 Å². The summed E-state index contributed by atoms with van der Waals surface area (Å²) in [5.41, 5.74) is 3.48. The monoisotopic (exact) mass is 231 g/mol. The van der Waals surface area contributed by atoms with E-state index in [2.05, 4.69) is 24.9 Å². The standard InChI is InChI=1S/C14H14ClN/c1-10(2)12-6-13(9-16-8-12)11-4-3-5-14(15)7-11/h3-10H,1-2H3. The summed E-state index contributed by atoms with van der Waals surface area (Å²) in [5.74, 6) is 0.492. The predicted octanol–water partition coefficient (Wildman–Crippen LogP) is 4.53. The molecule has 0 spiro atoms. The summed E-state index contributed by atoms with van der Waals surface area (Å²) in [4.78, 5) is 4.27. The molecule has 82 valence electrons. The lowest BCUT2D eigenvalue weighted by atomic mass is 10.0. The number of hydrogen-bond donors (Lipinski definition) is 0. The molecule has 0 unspecified atom stereocenters. The maximum atomic E-state index is 5.98. The highest BCUT2D eigenvalue weighted by Gasteiger charge is 2.03. The third-order valence-electron chi connectivity index (χ3n) is 2.58. The number of aromatic nitrogens is 1. The molecule has 0 radical (unpaired) electrons. The van der Waals surface area contributed by atoms with Gasteiger partial charge in [0.15, 0.2) is 0 Å². The van der Waals surface area contributed by atoms with Crippen molar-refractivity contribution in [3.05, 3.63) is 53.3 Å². The Bertz CT molecular complexity index is 492. The van der Waals surface area contributed by atoms with Crippen molar-refractivity contribution in [2.75, 3.05) is 0 Å². The van der Waals surface area contributed by atoms with E-state index >= 15 is 0 Å². The van der Waals surface area contributed by atoms with Crippen LogP contribution < -0.4 is 0 Å². The third-order valence-corrected chi connectivity index (χ3v) is 2.82. The molecule has 2 aromatic rings. The summed E-state index contributed by atoms with van der Waals surface area (Å²) in [5, 5.41) is 0.757. The number of halogens is 1. The van der Waals surface area contributed by atoms with Crippen molar-refractivity contribution < 1.29 is 0 Å². The Kier molecular flexibility index (Phi) is 3.25. The first-order valence-corrected chi connectivity index (χ1v) is 5.75. The number of rotatable bonds is 2. The first-order valence-electron chi connectivity index (χ1n) is 5.37. The average molecular weight is 232 g/mol. The van der Waals surface area contributed by atoms with Crippen LogP contribution in [0.4, 0.5) is 0 Å². The molecule has 0 atom stereocenters. The zero-order valence-electron chi connectivity index (χ0n) is 9.44. The van der Waals surface area contributed by atoms with E-state index in [-0.39, 0.29) is 0 Å². The van der Waals surface area contributed by atoms with E-state index in [0.29, 0.717) is 5.92 Å². The molecule has 1 nitrogen and oxygen atoms in total. The second-order valence-electron chi connectivity index (χ2n) is 4.17. The molecule has 1 aromatic carbocycles. The van der Waals surface area contributed by atoms with Gasteiger partial charge in [-0.15, -0.1) is 0 Å². The Morgan fingerprint density at radius 2 is 1.88 bits per heavy atom. The van der Waals surface area contributed by atoms with E-state index in [0.717, 1.165) is 16.1 Å². The molecule has 0 N–H and O–H groups in total. The van der Waals surface area contributed by atoms with Gasteiger partial charge in [-0.05, 0) is 35.2 Å². The fraction of sp³-hybridized carbons (Fsp3) is 0.214. The minimum absolute atomic E-state index is 0.492. The zero-order chi connectivity index (χ0) is 11.5. The number of pyridine rings is 1. The molecule has 0 fully saturated rings. The number of benzene rings is 1. The van der Waals surface area contributed by atoms with Gasteiger partial charge < -0.3 is 0 Å². The van der Waals surface area contributed by atoms with Crippen molar-refractivity contribution in [1.82, 2.24) is 4.98 Å². The van der Waals surface area contributed by atoms with Crippen LogP contribution in [-0.4, -0.2) is 4.98 Å². The van der Waals surface area contributed by atoms with Crippen LogP contribution in [0.5, 0.6) is 0 Å². The Morgan fingerprint density at radius 3 is 2.56 bits per heavy atom.